The summed E-state index contributed by atoms with van der Waals surface area (Å²) in [5, 5.41) is 3.98. The maximum Gasteiger partial charge on any atom is 0.240 e. The number of hydrogen-bond donors (Lipinski definition) is 2. The molecule has 1 fully saturated rings. The van der Waals surface area contributed by atoms with Gasteiger partial charge >= 0.3 is 0 Å². The average molecular weight is 352 g/mol. The largest absolute Gasteiger partial charge is 0.350 e. The van der Waals surface area contributed by atoms with E-state index >= 15 is 0 Å². The molecule has 23 heavy (non-hydrogen) atoms. The quantitative estimate of drug-likeness (QED) is 0.886. The fraction of sp³-hybridized carbons (Fsp3) is 0.412. The maximum absolute atomic E-state index is 12.3. The zero-order chi connectivity index (χ0) is 15.6. The van der Waals surface area contributed by atoms with E-state index in [0.717, 1.165) is 46.8 Å². The second-order valence-electron chi connectivity index (χ2n) is 5.94. The molecular weight excluding hydrogens is 330 g/mol. The average Bonchev–Trinajstić information content (AvgIpc) is 3.13. The highest BCUT2D eigenvalue weighted by Crippen LogP contribution is 2.29. The van der Waals surface area contributed by atoms with Gasteiger partial charge in [0.25, 0.3) is 0 Å². The van der Waals surface area contributed by atoms with Crippen LogP contribution in [-0.4, -0.2) is 16.4 Å². The number of rotatable bonds is 4. The van der Waals surface area contributed by atoms with Gasteiger partial charge in [0.05, 0.1) is 17.8 Å². The first-order chi connectivity index (χ1) is 10.6. The topological polar surface area (TPSA) is 68.0 Å². The van der Waals surface area contributed by atoms with Crippen LogP contribution in [0.2, 0.25) is 0 Å². The van der Waals surface area contributed by atoms with Crippen molar-refractivity contribution in [2.24, 2.45) is 5.73 Å². The lowest BCUT2D eigenvalue weighted by Crippen LogP contribution is -2.51. The lowest BCUT2D eigenvalue weighted by molar-refractivity contribution is -0.126. The summed E-state index contributed by atoms with van der Waals surface area (Å²) in [6, 6.07) is 10.1. The molecule has 3 N–H and O–H groups in total. The van der Waals surface area contributed by atoms with Gasteiger partial charge in [-0.1, -0.05) is 43.2 Å². The zero-order valence-corrected chi connectivity index (χ0v) is 14.8. The molecule has 0 atom stereocenters. The Morgan fingerprint density at radius 1 is 1.30 bits per heavy atom. The fourth-order valence-corrected chi connectivity index (χ4v) is 3.87. The van der Waals surface area contributed by atoms with Crippen LogP contribution in [-0.2, 0) is 11.3 Å². The van der Waals surface area contributed by atoms with Crippen molar-refractivity contribution >= 4 is 29.7 Å². The molecule has 1 aliphatic carbocycles. The van der Waals surface area contributed by atoms with Crippen molar-refractivity contribution in [1.29, 1.82) is 0 Å². The second-order valence-corrected chi connectivity index (χ2v) is 7.02. The number of carbonyl (C=O) groups is 1. The molecule has 1 amide bonds. The van der Waals surface area contributed by atoms with Gasteiger partial charge in [-0.05, 0) is 19.8 Å². The Hall–Kier alpha value is -1.43. The van der Waals surface area contributed by atoms with Gasteiger partial charge in [-0.3, -0.25) is 4.79 Å². The van der Waals surface area contributed by atoms with Crippen molar-refractivity contribution in [1.82, 2.24) is 10.3 Å². The predicted molar refractivity (Wildman–Crippen MR) is 96.8 cm³/mol. The van der Waals surface area contributed by atoms with Crippen LogP contribution in [0.1, 0.15) is 36.3 Å². The van der Waals surface area contributed by atoms with Crippen molar-refractivity contribution < 1.29 is 4.79 Å². The Labute approximate surface area is 146 Å². The van der Waals surface area contributed by atoms with E-state index in [0.29, 0.717) is 6.54 Å². The van der Waals surface area contributed by atoms with Crippen LogP contribution in [0.25, 0.3) is 10.6 Å². The van der Waals surface area contributed by atoms with Crippen LogP contribution in [0.4, 0.5) is 0 Å². The van der Waals surface area contributed by atoms with Crippen LogP contribution in [0, 0.1) is 6.92 Å². The Morgan fingerprint density at radius 3 is 2.61 bits per heavy atom. The second kappa shape index (κ2) is 7.43. The van der Waals surface area contributed by atoms with Crippen molar-refractivity contribution in [2.45, 2.75) is 44.7 Å². The minimum Gasteiger partial charge on any atom is -0.350 e. The normalized spacial score (nSPS) is 15.9. The number of aryl methyl sites for hydroxylation is 1. The molecule has 0 radical (unpaired) electrons. The highest BCUT2D eigenvalue weighted by atomic mass is 35.5. The molecule has 3 rings (SSSR count). The Bertz CT molecular complexity index is 666. The molecule has 1 saturated carbocycles. The first-order valence-corrected chi connectivity index (χ1v) is 8.49. The minimum absolute atomic E-state index is 0. The monoisotopic (exact) mass is 351 g/mol. The standard InChI is InChI=1S/C17H21N3OS.ClH/c1-12-14(11-19-16(21)17(18)9-5-6-10-17)22-15(20-12)13-7-3-2-4-8-13;/h2-4,7-8H,5-6,9-11,18H2,1H3,(H,19,21);1H. The highest BCUT2D eigenvalue weighted by molar-refractivity contribution is 7.15. The van der Waals surface area contributed by atoms with E-state index in [1.165, 1.54) is 0 Å². The van der Waals surface area contributed by atoms with Gasteiger partial charge in [0.1, 0.15) is 5.01 Å². The van der Waals surface area contributed by atoms with E-state index < -0.39 is 5.54 Å². The number of thiazole rings is 1. The molecule has 1 aromatic heterocycles. The molecule has 1 aliphatic rings. The molecule has 4 nitrogen and oxygen atoms in total. The van der Waals surface area contributed by atoms with E-state index in [1.807, 2.05) is 37.3 Å². The number of hydrogen-bond acceptors (Lipinski definition) is 4. The summed E-state index contributed by atoms with van der Waals surface area (Å²) < 4.78 is 0. The van der Waals surface area contributed by atoms with Crippen molar-refractivity contribution in [3.8, 4) is 10.6 Å². The van der Waals surface area contributed by atoms with Gasteiger partial charge in [0, 0.05) is 10.4 Å². The van der Waals surface area contributed by atoms with E-state index in [-0.39, 0.29) is 18.3 Å². The Kier molecular flexibility index (Phi) is 5.79. The number of carbonyl (C=O) groups excluding carboxylic acids is 1. The van der Waals surface area contributed by atoms with Crippen LogP contribution < -0.4 is 11.1 Å². The van der Waals surface area contributed by atoms with Crippen molar-refractivity contribution in [2.75, 3.05) is 0 Å². The summed E-state index contributed by atoms with van der Waals surface area (Å²) in [5.74, 6) is -0.0286. The molecule has 0 unspecified atom stereocenters. The summed E-state index contributed by atoms with van der Waals surface area (Å²) in [7, 11) is 0. The number of benzene rings is 1. The van der Waals surface area contributed by atoms with E-state index in [4.69, 9.17) is 5.73 Å². The van der Waals surface area contributed by atoms with Gasteiger partial charge in [-0.15, -0.1) is 23.7 Å². The first-order valence-electron chi connectivity index (χ1n) is 7.67. The van der Waals surface area contributed by atoms with Gasteiger partial charge in [0.15, 0.2) is 0 Å². The van der Waals surface area contributed by atoms with E-state index in [9.17, 15) is 4.79 Å². The fourth-order valence-electron chi connectivity index (χ4n) is 2.87. The van der Waals surface area contributed by atoms with E-state index in [1.54, 1.807) is 11.3 Å². The number of nitrogens with zero attached hydrogens (tertiary/aromatic N) is 1. The molecular formula is C17H22ClN3OS. The van der Waals surface area contributed by atoms with Gasteiger partial charge < -0.3 is 11.1 Å². The van der Waals surface area contributed by atoms with Gasteiger partial charge in [0.2, 0.25) is 5.91 Å². The molecule has 1 heterocycles. The van der Waals surface area contributed by atoms with Crippen LogP contribution >= 0.6 is 23.7 Å². The van der Waals surface area contributed by atoms with Crippen molar-refractivity contribution in [3.63, 3.8) is 0 Å². The molecule has 6 heteroatoms. The molecule has 0 bridgehead atoms. The number of aromatic nitrogens is 1. The minimum atomic E-state index is -0.666. The zero-order valence-electron chi connectivity index (χ0n) is 13.2. The lowest BCUT2D eigenvalue weighted by Gasteiger charge is -2.22. The summed E-state index contributed by atoms with van der Waals surface area (Å²) in [6.45, 7) is 2.49. The lowest BCUT2D eigenvalue weighted by atomic mass is 9.98. The molecule has 0 spiro atoms. The third kappa shape index (κ3) is 3.91. The van der Waals surface area contributed by atoms with Gasteiger partial charge in [-0.2, -0.15) is 0 Å². The van der Waals surface area contributed by atoms with Crippen LogP contribution in [0.15, 0.2) is 30.3 Å². The van der Waals surface area contributed by atoms with Gasteiger partial charge in [-0.25, -0.2) is 4.98 Å². The third-order valence-electron chi connectivity index (χ3n) is 4.27. The number of nitrogens with one attached hydrogen (secondary N) is 1. The summed E-state index contributed by atoms with van der Waals surface area (Å²) in [6.07, 6.45) is 3.66. The molecule has 0 aliphatic heterocycles. The molecule has 2 aromatic rings. The Balaban J connectivity index is 0.00000192. The number of halogens is 1. The van der Waals surface area contributed by atoms with Crippen LogP contribution in [0.3, 0.4) is 0 Å². The highest BCUT2D eigenvalue weighted by Gasteiger charge is 2.36. The van der Waals surface area contributed by atoms with Crippen LogP contribution in [0.5, 0.6) is 0 Å². The number of nitrogens with two attached hydrogens (primary N) is 1. The molecule has 1 aromatic carbocycles. The van der Waals surface area contributed by atoms with Crippen molar-refractivity contribution in [3.05, 3.63) is 40.9 Å². The van der Waals surface area contributed by atoms with E-state index in [2.05, 4.69) is 10.3 Å². The summed E-state index contributed by atoms with van der Waals surface area (Å²) in [5.41, 5.74) is 7.60. The molecule has 0 saturated heterocycles. The smallest absolute Gasteiger partial charge is 0.240 e. The Morgan fingerprint density at radius 2 is 1.96 bits per heavy atom. The number of amides is 1. The summed E-state index contributed by atoms with van der Waals surface area (Å²) in [4.78, 5) is 18.0. The predicted octanol–water partition coefficient (Wildman–Crippen LogP) is 3.43. The SMILES string of the molecule is Cc1nc(-c2ccccc2)sc1CNC(=O)C1(N)CCCC1.Cl. The summed E-state index contributed by atoms with van der Waals surface area (Å²) >= 11 is 1.63. The maximum atomic E-state index is 12.3. The first kappa shape index (κ1) is 17.9. The third-order valence-corrected chi connectivity index (χ3v) is 5.48. The molecule has 124 valence electrons.